The van der Waals surface area contributed by atoms with Crippen LogP contribution in [0.3, 0.4) is 0 Å². The van der Waals surface area contributed by atoms with Crippen LogP contribution in [0.15, 0.2) is 91.5 Å². The maximum atomic E-state index is 15.1. The highest BCUT2D eigenvalue weighted by Gasteiger charge is 2.58. The van der Waals surface area contributed by atoms with Crippen molar-refractivity contribution in [3.8, 4) is 5.75 Å². The number of para-hydroxylation sites is 1. The fraction of sp³-hybridized carbons (Fsp3) is 0.394. The molecule has 0 bridgehead atoms. The Morgan fingerprint density at radius 3 is 2.16 bits per heavy atom. The Labute approximate surface area is 222 Å². The van der Waals surface area contributed by atoms with Gasteiger partial charge >= 0.3 is 0 Å². The molecule has 0 heterocycles. The summed E-state index contributed by atoms with van der Waals surface area (Å²) >= 11 is 0. The van der Waals surface area contributed by atoms with Crippen molar-refractivity contribution in [1.29, 1.82) is 0 Å². The second-order valence-corrected chi connectivity index (χ2v) is 13.5. The quantitative estimate of drug-likeness (QED) is 0.239. The lowest BCUT2D eigenvalue weighted by molar-refractivity contribution is 0.326. The van der Waals surface area contributed by atoms with E-state index < -0.39 is 7.29 Å². The molecule has 0 unspecified atom stereocenters. The van der Waals surface area contributed by atoms with Crippen molar-refractivity contribution < 1.29 is 9.30 Å². The predicted molar refractivity (Wildman–Crippen MR) is 156 cm³/mol. The summed E-state index contributed by atoms with van der Waals surface area (Å²) in [5, 5.41) is 5.67. The van der Waals surface area contributed by atoms with Crippen LogP contribution in [0.2, 0.25) is 0 Å². The van der Waals surface area contributed by atoms with Crippen LogP contribution in [-0.4, -0.2) is 13.2 Å². The molecule has 0 saturated heterocycles. The maximum Gasteiger partial charge on any atom is 0.204 e. The third-order valence-electron chi connectivity index (χ3n) is 8.50. The van der Waals surface area contributed by atoms with Gasteiger partial charge in [0, 0.05) is 22.2 Å². The predicted octanol–water partition coefficient (Wildman–Crippen LogP) is 7.59. The molecular weight excluding hydrogens is 473 g/mol. The van der Waals surface area contributed by atoms with Gasteiger partial charge < -0.3 is 4.74 Å². The molecular formula is C33H40NO2P. The van der Waals surface area contributed by atoms with Crippen LogP contribution in [0.1, 0.15) is 57.4 Å². The van der Waals surface area contributed by atoms with Crippen molar-refractivity contribution in [2.75, 3.05) is 7.11 Å². The molecule has 4 heteroatoms. The number of methoxy groups -OCH3 is 1. The first kappa shape index (κ1) is 26.0. The first-order valence-corrected chi connectivity index (χ1v) is 15.5. The average Bonchev–Trinajstić information content (AvgIpc) is 3.88. The minimum atomic E-state index is -3.04. The maximum absolute atomic E-state index is 15.1. The molecule has 0 radical (unpaired) electrons. The number of rotatable bonds is 13. The highest BCUT2D eigenvalue weighted by Crippen LogP contribution is 2.63. The summed E-state index contributed by atoms with van der Waals surface area (Å²) in [5.74, 6) is 2.15. The van der Waals surface area contributed by atoms with E-state index in [4.69, 9.17) is 4.74 Å². The van der Waals surface area contributed by atoms with Crippen LogP contribution in [0.25, 0.3) is 5.57 Å². The summed E-state index contributed by atoms with van der Waals surface area (Å²) in [4.78, 5) is 0. The van der Waals surface area contributed by atoms with E-state index >= 15 is 4.57 Å². The zero-order valence-corrected chi connectivity index (χ0v) is 23.1. The van der Waals surface area contributed by atoms with Gasteiger partial charge in [0.1, 0.15) is 5.75 Å². The Kier molecular flexibility index (Phi) is 7.75. The van der Waals surface area contributed by atoms with Gasteiger partial charge in [0.25, 0.3) is 0 Å². The number of allylic oxidation sites excluding steroid dienone is 1. The van der Waals surface area contributed by atoms with Crippen molar-refractivity contribution in [1.82, 2.24) is 5.09 Å². The number of hydrogen-bond donors (Lipinski definition) is 1. The van der Waals surface area contributed by atoms with Gasteiger partial charge in [-0.3, -0.25) is 9.65 Å². The first-order chi connectivity index (χ1) is 18.0. The van der Waals surface area contributed by atoms with E-state index in [9.17, 15) is 0 Å². The summed E-state index contributed by atoms with van der Waals surface area (Å²) < 4.78 is 20.7. The van der Waals surface area contributed by atoms with E-state index in [1.165, 1.54) is 25.7 Å². The zero-order chi connectivity index (χ0) is 25.9. The number of nitrogens with one attached hydrogen (secondary N) is 1. The largest absolute Gasteiger partial charge is 0.496 e. The third kappa shape index (κ3) is 5.49. The first-order valence-electron chi connectivity index (χ1n) is 13.8. The molecule has 3 aromatic carbocycles. The van der Waals surface area contributed by atoms with Crippen LogP contribution >= 0.6 is 7.29 Å². The molecule has 5 rings (SSSR count). The van der Waals surface area contributed by atoms with E-state index in [2.05, 4.69) is 30.7 Å². The highest BCUT2D eigenvalue weighted by atomic mass is 31.2. The normalized spacial score (nSPS) is 20.7. The molecule has 0 aliphatic heterocycles. The van der Waals surface area contributed by atoms with Crippen molar-refractivity contribution in [2.24, 2.45) is 17.3 Å². The van der Waals surface area contributed by atoms with Gasteiger partial charge in [0.05, 0.1) is 7.11 Å². The monoisotopic (exact) mass is 513 g/mol. The van der Waals surface area contributed by atoms with Crippen LogP contribution in [0, 0.1) is 17.3 Å². The number of hydrogen-bond acceptors (Lipinski definition) is 2. The van der Waals surface area contributed by atoms with Gasteiger partial charge in [-0.1, -0.05) is 87.4 Å². The van der Waals surface area contributed by atoms with Gasteiger partial charge in [-0.2, -0.15) is 0 Å². The minimum absolute atomic E-state index is 0.0722. The van der Waals surface area contributed by atoms with Crippen LogP contribution in [0.5, 0.6) is 5.75 Å². The molecule has 3 nitrogen and oxygen atoms in total. The molecule has 1 N–H and O–H groups in total. The van der Waals surface area contributed by atoms with E-state index in [-0.39, 0.29) is 11.5 Å². The van der Waals surface area contributed by atoms with Crippen molar-refractivity contribution in [3.63, 3.8) is 0 Å². The fourth-order valence-electron chi connectivity index (χ4n) is 6.15. The molecule has 2 aliphatic rings. The van der Waals surface area contributed by atoms with Gasteiger partial charge in [-0.25, -0.2) is 0 Å². The lowest BCUT2D eigenvalue weighted by Gasteiger charge is -2.34. The van der Waals surface area contributed by atoms with Crippen LogP contribution < -0.4 is 20.4 Å². The molecule has 2 aliphatic carbocycles. The number of ether oxygens (including phenoxy) is 1. The second kappa shape index (κ2) is 11.0. The summed E-state index contributed by atoms with van der Waals surface area (Å²) in [7, 11) is -1.31. The Bertz CT molecular complexity index is 1210. The molecule has 0 spiro atoms. The Hall–Kier alpha value is -2.61. The van der Waals surface area contributed by atoms with E-state index in [0.29, 0.717) is 5.92 Å². The lowest BCUT2D eigenvalue weighted by Crippen LogP contribution is -2.43. The zero-order valence-electron chi connectivity index (χ0n) is 22.2. The van der Waals surface area contributed by atoms with Gasteiger partial charge in [0.2, 0.25) is 7.29 Å². The molecule has 194 valence electrons. The van der Waals surface area contributed by atoms with Gasteiger partial charge in [-0.05, 0) is 78.8 Å². The summed E-state index contributed by atoms with van der Waals surface area (Å²) in [6, 6.07) is 28.4. The summed E-state index contributed by atoms with van der Waals surface area (Å²) in [5.41, 5.74) is 2.27. The van der Waals surface area contributed by atoms with E-state index in [1.54, 1.807) is 7.11 Å². The molecule has 3 aromatic rings. The Balaban J connectivity index is 1.49. The minimum Gasteiger partial charge on any atom is -0.496 e. The smallest absolute Gasteiger partial charge is 0.204 e. The molecule has 3 atom stereocenters. The molecule has 0 aromatic heterocycles. The van der Waals surface area contributed by atoms with Crippen LogP contribution in [-0.2, 0) is 4.57 Å². The average molecular weight is 514 g/mol. The van der Waals surface area contributed by atoms with E-state index in [1.807, 2.05) is 72.8 Å². The fourth-order valence-corrected chi connectivity index (χ4v) is 8.79. The Morgan fingerprint density at radius 2 is 1.59 bits per heavy atom. The SMILES string of the molecule is C=C(CC1([C@@H](NP(=O)(c2ccccc2)c2ccccc2)[C@@H]2C[C@@H]2CCCC)CC1)c1ccccc1OC. The molecule has 2 fully saturated rings. The van der Waals surface area contributed by atoms with Crippen LogP contribution in [0.4, 0.5) is 0 Å². The summed E-state index contributed by atoms with van der Waals surface area (Å²) in [6.07, 6.45) is 8.16. The Morgan fingerprint density at radius 1 is 1.00 bits per heavy atom. The number of benzene rings is 3. The second-order valence-electron chi connectivity index (χ2n) is 11.0. The molecule has 2 saturated carbocycles. The standard InChI is InChI=1S/C33H40NO2P/c1-4-5-14-26-23-30(26)32(33(21-22-33)24-25(2)29-19-12-13-20-31(29)36-3)34-37(35,27-15-8-6-9-16-27)28-17-10-7-11-18-28/h6-13,15-20,26,30,32H,2,4-5,14,21-24H2,1,3H3,(H,34,35)/t26-,30+,32-/m0/s1. The lowest BCUT2D eigenvalue weighted by atomic mass is 9.84. The van der Waals surface area contributed by atoms with Crippen molar-refractivity contribution >= 4 is 23.5 Å². The topological polar surface area (TPSA) is 38.3 Å². The van der Waals surface area contributed by atoms with Gasteiger partial charge in [0.15, 0.2) is 0 Å². The number of unbranched alkanes of at least 4 members (excludes halogenated alkanes) is 1. The van der Waals surface area contributed by atoms with Crippen molar-refractivity contribution in [3.05, 3.63) is 97.1 Å². The third-order valence-corrected chi connectivity index (χ3v) is 11.2. The molecule has 37 heavy (non-hydrogen) atoms. The molecule has 0 amide bonds. The van der Waals surface area contributed by atoms with Gasteiger partial charge in [-0.15, -0.1) is 0 Å². The van der Waals surface area contributed by atoms with E-state index in [0.717, 1.165) is 52.7 Å². The van der Waals surface area contributed by atoms with Crippen molar-refractivity contribution in [2.45, 2.75) is 57.9 Å². The highest BCUT2D eigenvalue weighted by molar-refractivity contribution is 7.76. The summed E-state index contributed by atoms with van der Waals surface area (Å²) in [6.45, 7) is 6.80.